The fourth-order valence-electron chi connectivity index (χ4n) is 3.74. The van der Waals surface area contributed by atoms with E-state index in [1.54, 1.807) is 6.08 Å². The summed E-state index contributed by atoms with van der Waals surface area (Å²) in [6, 6.07) is 15.4. The van der Waals surface area contributed by atoms with Crippen molar-refractivity contribution in [1.82, 2.24) is 9.88 Å². The van der Waals surface area contributed by atoms with E-state index in [4.69, 9.17) is 12.2 Å². The number of carbonyl (C=O) groups excluding carboxylic acids is 2. The Bertz CT molecular complexity index is 1260. The maximum Gasteiger partial charge on any atom is 0.270 e. The molecule has 0 aliphatic carbocycles. The standard InChI is InChI=1S/C24H20FN3O2S/c1-14-5-4-6-20(11-14)27-15(2)12-17(16(27)3)13-21-22(29)26-24(31)28(23(21)30)19-9-7-18(25)8-10-19/h4-13H,1-3H3,(H,26,29,31)/b21-13-. The molecule has 1 N–H and O–H groups in total. The number of rotatable bonds is 3. The molecule has 2 heterocycles. The third-order valence-electron chi connectivity index (χ3n) is 5.22. The van der Waals surface area contributed by atoms with Gasteiger partial charge >= 0.3 is 0 Å². The highest BCUT2D eigenvalue weighted by Gasteiger charge is 2.34. The van der Waals surface area contributed by atoms with Crippen LogP contribution in [0.25, 0.3) is 11.8 Å². The number of hydrogen-bond acceptors (Lipinski definition) is 3. The first kappa shape index (κ1) is 20.7. The van der Waals surface area contributed by atoms with Gasteiger partial charge in [-0.2, -0.15) is 0 Å². The number of nitrogens with one attached hydrogen (secondary N) is 1. The smallest absolute Gasteiger partial charge is 0.270 e. The summed E-state index contributed by atoms with van der Waals surface area (Å²) in [6.07, 6.45) is 1.57. The Morgan fingerprint density at radius 3 is 2.35 bits per heavy atom. The van der Waals surface area contributed by atoms with E-state index >= 15 is 0 Å². The summed E-state index contributed by atoms with van der Waals surface area (Å²) >= 11 is 5.19. The van der Waals surface area contributed by atoms with Gasteiger partial charge in [0.15, 0.2) is 5.11 Å². The number of amides is 2. The van der Waals surface area contributed by atoms with Crippen LogP contribution in [0.1, 0.15) is 22.5 Å². The molecule has 0 radical (unpaired) electrons. The second kappa shape index (κ2) is 7.92. The van der Waals surface area contributed by atoms with Gasteiger partial charge in [-0.05, 0) is 92.7 Å². The lowest BCUT2D eigenvalue weighted by atomic mass is 10.1. The summed E-state index contributed by atoms with van der Waals surface area (Å²) in [7, 11) is 0. The van der Waals surface area contributed by atoms with Crippen LogP contribution in [-0.2, 0) is 9.59 Å². The first-order valence-corrected chi connectivity index (χ1v) is 10.1. The fraction of sp³-hybridized carbons (Fsp3) is 0.125. The summed E-state index contributed by atoms with van der Waals surface area (Å²) in [6.45, 7) is 5.94. The summed E-state index contributed by atoms with van der Waals surface area (Å²) < 4.78 is 15.4. The fourth-order valence-corrected chi connectivity index (χ4v) is 4.02. The van der Waals surface area contributed by atoms with E-state index in [1.807, 2.05) is 45.0 Å². The van der Waals surface area contributed by atoms with Crippen molar-refractivity contribution in [1.29, 1.82) is 0 Å². The Morgan fingerprint density at radius 2 is 1.68 bits per heavy atom. The lowest BCUT2D eigenvalue weighted by Gasteiger charge is -2.28. The van der Waals surface area contributed by atoms with E-state index in [1.165, 1.54) is 29.2 Å². The van der Waals surface area contributed by atoms with E-state index in [2.05, 4.69) is 16.0 Å². The third-order valence-corrected chi connectivity index (χ3v) is 5.50. The minimum Gasteiger partial charge on any atom is -0.318 e. The van der Waals surface area contributed by atoms with Gasteiger partial charge in [0, 0.05) is 17.1 Å². The second-order valence-corrected chi connectivity index (χ2v) is 7.82. The van der Waals surface area contributed by atoms with Gasteiger partial charge in [0.05, 0.1) is 5.69 Å². The number of aryl methyl sites for hydroxylation is 2. The van der Waals surface area contributed by atoms with Crippen LogP contribution in [0.2, 0.25) is 0 Å². The van der Waals surface area contributed by atoms with Crippen molar-refractivity contribution in [2.45, 2.75) is 20.8 Å². The third kappa shape index (κ3) is 3.80. The number of anilines is 1. The maximum atomic E-state index is 13.3. The number of nitrogens with zero attached hydrogens (tertiary/aromatic N) is 2. The van der Waals surface area contributed by atoms with E-state index < -0.39 is 17.6 Å². The molecule has 1 aromatic heterocycles. The van der Waals surface area contributed by atoms with E-state index in [-0.39, 0.29) is 10.7 Å². The summed E-state index contributed by atoms with van der Waals surface area (Å²) in [5.74, 6) is -1.54. The minimum atomic E-state index is -0.561. The molecule has 3 aromatic rings. The number of hydrogen-bond donors (Lipinski definition) is 1. The summed E-state index contributed by atoms with van der Waals surface area (Å²) in [4.78, 5) is 26.9. The molecule has 1 aliphatic rings. The van der Waals surface area contributed by atoms with Gasteiger partial charge in [-0.1, -0.05) is 12.1 Å². The van der Waals surface area contributed by atoms with Gasteiger partial charge in [-0.15, -0.1) is 0 Å². The van der Waals surface area contributed by atoms with E-state index in [0.717, 1.165) is 28.2 Å². The molecule has 7 heteroatoms. The van der Waals surface area contributed by atoms with Gasteiger partial charge in [-0.25, -0.2) is 4.39 Å². The maximum absolute atomic E-state index is 13.3. The Labute approximate surface area is 184 Å². The first-order valence-electron chi connectivity index (χ1n) is 9.69. The molecule has 4 rings (SSSR count). The highest BCUT2D eigenvalue weighted by Crippen LogP contribution is 2.26. The Balaban J connectivity index is 1.76. The van der Waals surface area contributed by atoms with Crippen molar-refractivity contribution in [3.05, 3.63) is 88.5 Å². The molecular weight excluding hydrogens is 413 g/mol. The minimum absolute atomic E-state index is 0.0380. The Kier molecular flexibility index (Phi) is 5.29. The molecule has 2 amide bonds. The second-order valence-electron chi connectivity index (χ2n) is 7.44. The molecule has 1 saturated heterocycles. The predicted molar refractivity (Wildman–Crippen MR) is 123 cm³/mol. The van der Waals surface area contributed by atoms with Crippen molar-refractivity contribution in [2.24, 2.45) is 0 Å². The largest absolute Gasteiger partial charge is 0.318 e. The average Bonchev–Trinajstić information content (AvgIpc) is 2.99. The first-order chi connectivity index (χ1) is 14.8. The number of thiocarbonyl (C=S) groups is 1. The molecule has 0 atom stereocenters. The Hall–Kier alpha value is -3.58. The predicted octanol–water partition coefficient (Wildman–Crippen LogP) is 4.37. The average molecular weight is 434 g/mol. The van der Waals surface area contributed by atoms with Crippen LogP contribution < -0.4 is 10.2 Å². The number of aromatic nitrogens is 1. The van der Waals surface area contributed by atoms with Crippen molar-refractivity contribution >= 4 is 40.9 Å². The van der Waals surface area contributed by atoms with Gasteiger partial charge in [-0.3, -0.25) is 19.8 Å². The highest BCUT2D eigenvalue weighted by molar-refractivity contribution is 7.80. The molecule has 31 heavy (non-hydrogen) atoms. The lowest BCUT2D eigenvalue weighted by Crippen LogP contribution is -2.54. The van der Waals surface area contributed by atoms with Gasteiger partial charge < -0.3 is 4.57 Å². The molecule has 5 nitrogen and oxygen atoms in total. The van der Waals surface area contributed by atoms with Crippen molar-refractivity contribution < 1.29 is 14.0 Å². The molecule has 0 spiro atoms. The summed E-state index contributed by atoms with van der Waals surface area (Å²) in [5.41, 5.74) is 5.12. The van der Waals surface area contributed by atoms with Crippen LogP contribution in [-0.4, -0.2) is 21.5 Å². The number of halogens is 1. The van der Waals surface area contributed by atoms with Crippen LogP contribution >= 0.6 is 12.2 Å². The van der Waals surface area contributed by atoms with Crippen LogP contribution in [0.3, 0.4) is 0 Å². The highest BCUT2D eigenvalue weighted by atomic mass is 32.1. The summed E-state index contributed by atoms with van der Waals surface area (Å²) in [5, 5.41) is 2.51. The molecule has 1 fully saturated rings. The van der Waals surface area contributed by atoms with Crippen molar-refractivity contribution in [2.75, 3.05) is 4.90 Å². The van der Waals surface area contributed by atoms with Gasteiger partial charge in [0.25, 0.3) is 11.8 Å². The molecule has 0 unspecified atom stereocenters. The monoisotopic (exact) mass is 433 g/mol. The van der Waals surface area contributed by atoms with Crippen molar-refractivity contribution in [3.8, 4) is 5.69 Å². The number of benzene rings is 2. The van der Waals surface area contributed by atoms with Crippen LogP contribution in [0.5, 0.6) is 0 Å². The van der Waals surface area contributed by atoms with Gasteiger partial charge in [0.1, 0.15) is 11.4 Å². The Morgan fingerprint density at radius 1 is 0.968 bits per heavy atom. The normalized spacial score (nSPS) is 15.5. The molecule has 0 saturated carbocycles. The quantitative estimate of drug-likeness (QED) is 0.379. The molecule has 2 aromatic carbocycles. The number of carbonyl (C=O) groups is 2. The molecule has 156 valence electrons. The topological polar surface area (TPSA) is 54.3 Å². The van der Waals surface area contributed by atoms with Crippen molar-refractivity contribution in [3.63, 3.8) is 0 Å². The molecule has 1 aliphatic heterocycles. The zero-order valence-electron chi connectivity index (χ0n) is 17.3. The lowest BCUT2D eigenvalue weighted by molar-refractivity contribution is -0.122. The van der Waals surface area contributed by atoms with Crippen LogP contribution in [0.4, 0.5) is 10.1 Å². The zero-order valence-corrected chi connectivity index (χ0v) is 18.1. The van der Waals surface area contributed by atoms with Crippen LogP contribution in [0.15, 0.2) is 60.2 Å². The molecule has 0 bridgehead atoms. The zero-order chi connectivity index (χ0) is 22.3. The van der Waals surface area contributed by atoms with Gasteiger partial charge in [0.2, 0.25) is 0 Å². The van der Waals surface area contributed by atoms with Crippen LogP contribution in [0, 0.1) is 26.6 Å². The SMILES string of the molecule is Cc1cccc(-n2c(C)cc(/C=C3/C(=O)NC(=S)N(c4ccc(F)cc4)C3=O)c2C)c1. The van der Waals surface area contributed by atoms with E-state index in [0.29, 0.717) is 5.69 Å². The van der Waals surface area contributed by atoms with E-state index in [9.17, 15) is 14.0 Å². The molecular formula is C24H20FN3O2S.